The Balaban J connectivity index is 0.00000256. The number of halogens is 2. The topological polar surface area (TPSA) is 60.8 Å². The standard InChI is InChI=1S/C23H32N4O3.2ClH/c1-6-26(7-2)12-13-27-19-11-9-8-10-18(19)25-23(27)24-16-17-14-20(28-3)22(30-5)21(15-17)29-4;;/h8-11,14-15H,6-7,12-13,16H2,1-5H3,(H,24,25);2*1H. The molecule has 2 aromatic carbocycles. The number of nitrogens with zero attached hydrogens (tertiary/aromatic N) is 3. The lowest BCUT2D eigenvalue weighted by molar-refractivity contribution is 0.292. The molecular formula is C23H34Cl2N4O3. The number of anilines is 1. The smallest absolute Gasteiger partial charge is 0.204 e. The number of nitrogens with one attached hydrogen (secondary N) is 1. The lowest BCUT2D eigenvalue weighted by Gasteiger charge is -2.19. The van der Waals surface area contributed by atoms with Gasteiger partial charge in [-0.1, -0.05) is 26.0 Å². The fourth-order valence-corrected chi connectivity index (χ4v) is 3.64. The van der Waals surface area contributed by atoms with E-state index in [1.165, 1.54) is 0 Å². The van der Waals surface area contributed by atoms with Crippen LogP contribution in [0.25, 0.3) is 11.0 Å². The van der Waals surface area contributed by atoms with E-state index in [2.05, 4.69) is 40.8 Å². The second kappa shape index (κ2) is 13.3. The van der Waals surface area contributed by atoms with Crippen molar-refractivity contribution in [2.75, 3.05) is 46.3 Å². The largest absolute Gasteiger partial charge is 0.493 e. The summed E-state index contributed by atoms with van der Waals surface area (Å²) in [4.78, 5) is 7.24. The molecule has 0 aliphatic heterocycles. The quantitative estimate of drug-likeness (QED) is 0.419. The lowest BCUT2D eigenvalue weighted by Crippen LogP contribution is -2.27. The van der Waals surface area contributed by atoms with Gasteiger partial charge in [0.15, 0.2) is 11.5 Å². The Hall–Kier alpha value is -2.35. The third kappa shape index (κ3) is 6.12. The predicted octanol–water partition coefficient (Wildman–Crippen LogP) is 4.86. The number of aromatic nitrogens is 2. The second-order valence-corrected chi connectivity index (χ2v) is 6.99. The molecule has 1 heterocycles. The summed E-state index contributed by atoms with van der Waals surface area (Å²) in [6.07, 6.45) is 0. The summed E-state index contributed by atoms with van der Waals surface area (Å²) in [7, 11) is 4.86. The zero-order valence-electron chi connectivity index (χ0n) is 19.4. The first-order chi connectivity index (χ1) is 14.6. The zero-order valence-corrected chi connectivity index (χ0v) is 21.0. The van der Waals surface area contributed by atoms with Gasteiger partial charge < -0.3 is 29.0 Å². The number of likely N-dealkylation sites (N-methyl/N-ethyl adjacent to an activating group) is 1. The summed E-state index contributed by atoms with van der Waals surface area (Å²) in [5, 5.41) is 3.50. The first-order valence-electron chi connectivity index (χ1n) is 10.3. The average molecular weight is 485 g/mol. The maximum absolute atomic E-state index is 5.47. The Kier molecular flexibility index (Phi) is 11.5. The molecule has 1 N–H and O–H groups in total. The van der Waals surface area contributed by atoms with Gasteiger partial charge in [0.05, 0.1) is 32.4 Å². The summed E-state index contributed by atoms with van der Waals surface area (Å²) in [6, 6.07) is 12.2. The first kappa shape index (κ1) is 27.7. The van der Waals surface area contributed by atoms with E-state index >= 15 is 0 Å². The van der Waals surface area contributed by atoms with E-state index < -0.39 is 0 Å². The second-order valence-electron chi connectivity index (χ2n) is 6.99. The summed E-state index contributed by atoms with van der Waals surface area (Å²) in [5.41, 5.74) is 3.15. The van der Waals surface area contributed by atoms with E-state index in [0.29, 0.717) is 23.8 Å². The summed E-state index contributed by atoms with van der Waals surface area (Å²) in [5.74, 6) is 2.74. The minimum absolute atomic E-state index is 0. The van der Waals surface area contributed by atoms with Crippen LogP contribution in [0.15, 0.2) is 36.4 Å². The van der Waals surface area contributed by atoms with Crippen molar-refractivity contribution < 1.29 is 14.2 Å². The van der Waals surface area contributed by atoms with Crippen LogP contribution in [0.5, 0.6) is 17.2 Å². The van der Waals surface area contributed by atoms with Crippen LogP contribution in [-0.4, -0.2) is 55.4 Å². The molecule has 0 radical (unpaired) electrons. The molecule has 0 spiro atoms. The Morgan fingerprint density at radius 2 is 1.56 bits per heavy atom. The van der Waals surface area contributed by atoms with E-state index in [4.69, 9.17) is 19.2 Å². The Morgan fingerprint density at radius 3 is 2.12 bits per heavy atom. The fraction of sp³-hybridized carbons (Fsp3) is 0.435. The van der Waals surface area contributed by atoms with E-state index in [1.807, 2.05) is 24.3 Å². The Morgan fingerprint density at radius 1 is 0.938 bits per heavy atom. The van der Waals surface area contributed by atoms with Crippen molar-refractivity contribution in [3.05, 3.63) is 42.0 Å². The van der Waals surface area contributed by atoms with Crippen LogP contribution in [0.2, 0.25) is 0 Å². The number of fused-ring (bicyclic) bond motifs is 1. The van der Waals surface area contributed by atoms with Crippen molar-refractivity contribution in [2.24, 2.45) is 0 Å². The van der Waals surface area contributed by atoms with E-state index in [0.717, 1.165) is 48.7 Å². The normalized spacial score (nSPS) is 10.4. The number of ether oxygens (including phenoxy) is 3. The molecule has 3 aromatic rings. The SMILES string of the molecule is CCN(CC)CCn1c(NCc2cc(OC)c(OC)c(OC)c2)nc2ccccc21.Cl.Cl. The van der Waals surface area contributed by atoms with Crippen molar-refractivity contribution in [1.82, 2.24) is 14.5 Å². The van der Waals surface area contributed by atoms with Gasteiger partial charge in [0.1, 0.15) is 0 Å². The third-order valence-corrected chi connectivity index (χ3v) is 5.36. The van der Waals surface area contributed by atoms with Crippen molar-refractivity contribution in [2.45, 2.75) is 26.9 Å². The number of hydrogen-bond acceptors (Lipinski definition) is 6. The molecule has 0 saturated carbocycles. The molecule has 0 fully saturated rings. The highest BCUT2D eigenvalue weighted by Gasteiger charge is 2.15. The molecule has 0 bridgehead atoms. The minimum Gasteiger partial charge on any atom is -0.493 e. The van der Waals surface area contributed by atoms with Crippen LogP contribution >= 0.6 is 24.8 Å². The maximum atomic E-state index is 5.47. The highest BCUT2D eigenvalue weighted by molar-refractivity contribution is 5.85. The average Bonchev–Trinajstić information content (AvgIpc) is 3.15. The van der Waals surface area contributed by atoms with Crippen LogP contribution in [0.3, 0.4) is 0 Å². The monoisotopic (exact) mass is 484 g/mol. The van der Waals surface area contributed by atoms with E-state index in [1.54, 1.807) is 21.3 Å². The molecule has 32 heavy (non-hydrogen) atoms. The number of para-hydroxylation sites is 2. The van der Waals surface area contributed by atoms with Crippen molar-refractivity contribution in [3.63, 3.8) is 0 Å². The molecule has 0 amide bonds. The number of imidazole rings is 1. The zero-order chi connectivity index (χ0) is 21.5. The molecule has 0 atom stereocenters. The lowest BCUT2D eigenvalue weighted by atomic mass is 10.2. The summed E-state index contributed by atoms with van der Waals surface area (Å²) in [6.45, 7) is 8.91. The van der Waals surface area contributed by atoms with E-state index in [-0.39, 0.29) is 24.8 Å². The van der Waals surface area contributed by atoms with Crippen LogP contribution in [0, 0.1) is 0 Å². The van der Waals surface area contributed by atoms with Crippen LogP contribution in [-0.2, 0) is 13.1 Å². The summed E-state index contributed by atoms with van der Waals surface area (Å²) < 4.78 is 18.6. The number of rotatable bonds is 11. The Labute approximate surface area is 202 Å². The molecule has 0 unspecified atom stereocenters. The third-order valence-electron chi connectivity index (χ3n) is 5.36. The molecule has 0 saturated heterocycles. The summed E-state index contributed by atoms with van der Waals surface area (Å²) >= 11 is 0. The molecule has 3 rings (SSSR count). The van der Waals surface area contributed by atoms with Crippen LogP contribution in [0.4, 0.5) is 5.95 Å². The molecule has 0 aliphatic carbocycles. The number of methoxy groups -OCH3 is 3. The van der Waals surface area contributed by atoms with Crippen molar-refractivity contribution in [3.8, 4) is 17.2 Å². The maximum Gasteiger partial charge on any atom is 0.204 e. The van der Waals surface area contributed by atoms with Gasteiger partial charge in [0.2, 0.25) is 11.7 Å². The van der Waals surface area contributed by atoms with Crippen LogP contribution in [0.1, 0.15) is 19.4 Å². The van der Waals surface area contributed by atoms with Gasteiger partial charge in [-0.15, -0.1) is 24.8 Å². The first-order valence-corrected chi connectivity index (χ1v) is 10.3. The van der Waals surface area contributed by atoms with Gasteiger partial charge in [0.25, 0.3) is 0 Å². The van der Waals surface area contributed by atoms with Crippen molar-refractivity contribution in [1.29, 1.82) is 0 Å². The van der Waals surface area contributed by atoms with E-state index in [9.17, 15) is 0 Å². The number of benzene rings is 2. The van der Waals surface area contributed by atoms with Gasteiger partial charge in [-0.05, 0) is 42.9 Å². The van der Waals surface area contributed by atoms with Gasteiger partial charge in [-0.3, -0.25) is 0 Å². The number of hydrogen-bond donors (Lipinski definition) is 1. The molecule has 1 aromatic heterocycles. The van der Waals surface area contributed by atoms with Crippen molar-refractivity contribution >= 4 is 41.8 Å². The minimum atomic E-state index is 0. The Bertz CT molecular complexity index is 952. The molecule has 9 heteroatoms. The van der Waals surface area contributed by atoms with Gasteiger partial charge in [-0.2, -0.15) is 0 Å². The molecule has 0 aliphatic rings. The highest BCUT2D eigenvalue weighted by Crippen LogP contribution is 2.38. The highest BCUT2D eigenvalue weighted by atomic mass is 35.5. The van der Waals surface area contributed by atoms with Gasteiger partial charge in [-0.25, -0.2) is 4.98 Å². The fourth-order valence-electron chi connectivity index (χ4n) is 3.64. The molecular weight excluding hydrogens is 451 g/mol. The molecule has 178 valence electrons. The molecule has 7 nitrogen and oxygen atoms in total. The van der Waals surface area contributed by atoms with Gasteiger partial charge in [0, 0.05) is 19.6 Å². The van der Waals surface area contributed by atoms with Crippen LogP contribution < -0.4 is 19.5 Å². The predicted molar refractivity (Wildman–Crippen MR) is 135 cm³/mol. The van der Waals surface area contributed by atoms with Gasteiger partial charge >= 0.3 is 0 Å².